The molecule has 0 aromatic heterocycles. The lowest BCUT2D eigenvalue weighted by molar-refractivity contribution is 0.0883. The number of para-hydroxylation sites is 1. The summed E-state index contributed by atoms with van der Waals surface area (Å²) in [5, 5.41) is 3.83. The number of ether oxygens (including phenoxy) is 1. The van der Waals surface area contributed by atoms with Crippen molar-refractivity contribution >= 4 is 17.5 Å². The summed E-state index contributed by atoms with van der Waals surface area (Å²) >= 11 is 6.07. The molecule has 0 aliphatic carbocycles. The summed E-state index contributed by atoms with van der Waals surface area (Å²) in [5.74, 6) is 0.502. The van der Waals surface area contributed by atoms with Crippen LogP contribution >= 0.6 is 11.6 Å². The second-order valence-corrected chi connectivity index (χ2v) is 7.48. The summed E-state index contributed by atoms with van der Waals surface area (Å²) in [6.45, 7) is 6.95. The lowest BCUT2D eigenvalue weighted by Gasteiger charge is -2.38. The van der Waals surface area contributed by atoms with Crippen LogP contribution in [0, 0.1) is 0 Å². The van der Waals surface area contributed by atoms with Gasteiger partial charge in [0.1, 0.15) is 5.75 Å². The number of amides is 1. The van der Waals surface area contributed by atoms with Crippen LogP contribution < -0.4 is 10.1 Å². The molecule has 1 unspecified atom stereocenters. The molecular weight excluding hydrogens is 374 g/mol. The number of halogens is 1. The average Bonchev–Trinajstić information content (AvgIpc) is 2.71. The molecule has 1 heterocycles. The zero-order valence-electron chi connectivity index (χ0n) is 16.5. The Bertz CT molecular complexity index is 774. The highest BCUT2D eigenvalue weighted by Crippen LogP contribution is 2.24. The number of carbonyl (C=O) groups is 1. The van der Waals surface area contributed by atoms with E-state index in [1.54, 1.807) is 6.07 Å². The van der Waals surface area contributed by atoms with E-state index in [1.807, 2.05) is 49.4 Å². The first-order chi connectivity index (χ1) is 13.6. The van der Waals surface area contributed by atoms with Gasteiger partial charge in [0, 0.05) is 37.7 Å². The number of likely N-dealkylation sites (N-methyl/N-ethyl adjacent to an activating group) is 1. The van der Waals surface area contributed by atoms with Crippen molar-refractivity contribution in [3.63, 3.8) is 0 Å². The van der Waals surface area contributed by atoms with Crippen LogP contribution in [0.4, 0.5) is 0 Å². The van der Waals surface area contributed by atoms with Gasteiger partial charge in [0.05, 0.1) is 18.2 Å². The molecule has 1 aliphatic heterocycles. The third-order valence-corrected chi connectivity index (χ3v) is 5.37. The molecule has 1 aliphatic rings. The molecule has 2 aromatic rings. The van der Waals surface area contributed by atoms with Crippen molar-refractivity contribution in [2.24, 2.45) is 0 Å². The van der Waals surface area contributed by atoms with Gasteiger partial charge in [0.15, 0.2) is 0 Å². The second-order valence-electron chi connectivity index (χ2n) is 7.05. The first-order valence-electron chi connectivity index (χ1n) is 9.76. The maximum absolute atomic E-state index is 12.8. The molecular formula is C22H28ClN3O2. The van der Waals surface area contributed by atoms with Crippen molar-refractivity contribution in [1.29, 1.82) is 0 Å². The number of rotatable bonds is 7. The fraction of sp³-hybridized carbons (Fsp3) is 0.409. The number of carbonyl (C=O) groups excluding carboxylic acids is 1. The van der Waals surface area contributed by atoms with Crippen LogP contribution in [0.1, 0.15) is 28.9 Å². The van der Waals surface area contributed by atoms with Gasteiger partial charge in [0.2, 0.25) is 0 Å². The first kappa shape index (κ1) is 20.6. The summed E-state index contributed by atoms with van der Waals surface area (Å²) in [6, 6.07) is 15.4. The van der Waals surface area contributed by atoms with E-state index in [0.717, 1.165) is 36.8 Å². The molecule has 5 nitrogen and oxygen atoms in total. The molecule has 1 saturated heterocycles. The van der Waals surface area contributed by atoms with Crippen LogP contribution in [0.2, 0.25) is 5.02 Å². The highest BCUT2D eigenvalue weighted by Gasteiger charge is 2.25. The SMILES string of the molecule is CCOc1ccccc1C(=O)NCC(c1ccc(Cl)cc1)N1CCN(C)CC1. The summed E-state index contributed by atoms with van der Waals surface area (Å²) in [5.41, 5.74) is 1.73. The Kier molecular flexibility index (Phi) is 7.31. The lowest BCUT2D eigenvalue weighted by atomic mass is 10.0. The number of hydrogen-bond donors (Lipinski definition) is 1. The molecule has 0 saturated carbocycles. The predicted molar refractivity (Wildman–Crippen MR) is 113 cm³/mol. The number of piperazine rings is 1. The Morgan fingerprint density at radius 3 is 2.46 bits per heavy atom. The van der Waals surface area contributed by atoms with E-state index in [4.69, 9.17) is 16.3 Å². The predicted octanol–water partition coefficient (Wildman–Crippen LogP) is 3.46. The molecule has 1 amide bonds. The quantitative estimate of drug-likeness (QED) is 0.771. The highest BCUT2D eigenvalue weighted by atomic mass is 35.5. The van der Waals surface area contributed by atoms with Gasteiger partial charge >= 0.3 is 0 Å². The monoisotopic (exact) mass is 401 g/mol. The van der Waals surface area contributed by atoms with E-state index in [1.165, 1.54) is 0 Å². The van der Waals surface area contributed by atoms with E-state index in [2.05, 4.69) is 22.2 Å². The molecule has 1 atom stereocenters. The minimum Gasteiger partial charge on any atom is -0.493 e. The van der Waals surface area contributed by atoms with Crippen LogP contribution in [0.25, 0.3) is 0 Å². The third-order valence-electron chi connectivity index (χ3n) is 5.12. The van der Waals surface area contributed by atoms with Crippen molar-refractivity contribution in [3.8, 4) is 5.75 Å². The molecule has 6 heteroatoms. The smallest absolute Gasteiger partial charge is 0.255 e. The number of nitrogens with one attached hydrogen (secondary N) is 1. The van der Waals surface area contributed by atoms with Crippen LogP contribution in [-0.2, 0) is 0 Å². The fourth-order valence-electron chi connectivity index (χ4n) is 3.50. The van der Waals surface area contributed by atoms with Gasteiger partial charge in [-0.25, -0.2) is 0 Å². The Morgan fingerprint density at radius 2 is 1.79 bits per heavy atom. The maximum atomic E-state index is 12.8. The second kappa shape index (κ2) is 9.92. The van der Waals surface area contributed by atoms with E-state index in [0.29, 0.717) is 24.5 Å². The summed E-state index contributed by atoms with van der Waals surface area (Å²) in [7, 11) is 2.14. The zero-order chi connectivity index (χ0) is 19.9. The Hall–Kier alpha value is -2.08. The fourth-order valence-corrected chi connectivity index (χ4v) is 3.62. The normalized spacial score (nSPS) is 16.5. The van der Waals surface area contributed by atoms with E-state index < -0.39 is 0 Å². The topological polar surface area (TPSA) is 44.8 Å². The van der Waals surface area contributed by atoms with Gasteiger partial charge in [-0.2, -0.15) is 0 Å². The van der Waals surface area contributed by atoms with Crippen molar-refractivity contribution in [2.45, 2.75) is 13.0 Å². The standard InChI is InChI=1S/C22H28ClN3O2/c1-3-28-21-7-5-4-6-19(21)22(27)24-16-20(17-8-10-18(23)11-9-17)26-14-12-25(2)13-15-26/h4-11,20H,3,12-16H2,1-2H3,(H,24,27). The number of hydrogen-bond acceptors (Lipinski definition) is 4. The molecule has 150 valence electrons. The van der Waals surface area contributed by atoms with Crippen molar-refractivity contribution in [2.75, 3.05) is 46.4 Å². The molecule has 0 spiro atoms. The van der Waals surface area contributed by atoms with Crippen LogP contribution in [-0.4, -0.2) is 62.1 Å². The Balaban J connectivity index is 1.74. The molecule has 28 heavy (non-hydrogen) atoms. The third kappa shape index (κ3) is 5.25. The van der Waals surface area contributed by atoms with Gasteiger partial charge in [-0.3, -0.25) is 9.69 Å². The minimum atomic E-state index is -0.114. The van der Waals surface area contributed by atoms with Gasteiger partial charge < -0.3 is 15.0 Å². The van der Waals surface area contributed by atoms with Gasteiger partial charge in [-0.15, -0.1) is 0 Å². The van der Waals surface area contributed by atoms with Gasteiger partial charge in [-0.05, 0) is 43.8 Å². The minimum absolute atomic E-state index is 0.106. The summed E-state index contributed by atoms with van der Waals surface area (Å²) in [4.78, 5) is 17.6. The lowest BCUT2D eigenvalue weighted by Crippen LogP contribution is -2.48. The van der Waals surface area contributed by atoms with Crippen molar-refractivity contribution in [1.82, 2.24) is 15.1 Å². The van der Waals surface area contributed by atoms with Gasteiger partial charge in [0.25, 0.3) is 5.91 Å². The van der Waals surface area contributed by atoms with E-state index in [-0.39, 0.29) is 11.9 Å². The molecule has 1 fully saturated rings. The highest BCUT2D eigenvalue weighted by molar-refractivity contribution is 6.30. The molecule has 0 bridgehead atoms. The van der Waals surface area contributed by atoms with E-state index >= 15 is 0 Å². The Labute approximate surface area is 172 Å². The average molecular weight is 402 g/mol. The molecule has 0 radical (unpaired) electrons. The van der Waals surface area contributed by atoms with Gasteiger partial charge in [-0.1, -0.05) is 35.9 Å². The summed E-state index contributed by atoms with van der Waals surface area (Å²) in [6.07, 6.45) is 0. The number of nitrogens with zero attached hydrogens (tertiary/aromatic N) is 2. The van der Waals surface area contributed by atoms with Crippen molar-refractivity contribution < 1.29 is 9.53 Å². The van der Waals surface area contributed by atoms with Crippen molar-refractivity contribution in [3.05, 3.63) is 64.7 Å². The first-order valence-corrected chi connectivity index (χ1v) is 10.1. The largest absolute Gasteiger partial charge is 0.493 e. The molecule has 3 rings (SSSR count). The molecule has 1 N–H and O–H groups in total. The molecule has 2 aromatic carbocycles. The number of benzene rings is 2. The van der Waals surface area contributed by atoms with E-state index in [9.17, 15) is 4.79 Å². The van der Waals surface area contributed by atoms with Crippen LogP contribution in [0.15, 0.2) is 48.5 Å². The van der Waals surface area contributed by atoms with Crippen LogP contribution in [0.3, 0.4) is 0 Å². The summed E-state index contributed by atoms with van der Waals surface area (Å²) < 4.78 is 5.60. The maximum Gasteiger partial charge on any atom is 0.255 e. The zero-order valence-corrected chi connectivity index (χ0v) is 17.3. The van der Waals surface area contributed by atoms with Crippen LogP contribution in [0.5, 0.6) is 5.75 Å². The Morgan fingerprint density at radius 1 is 1.11 bits per heavy atom.